The van der Waals surface area contributed by atoms with Crippen LogP contribution < -0.4 is 11.3 Å². The monoisotopic (exact) mass is 318 g/mol. The van der Waals surface area contributed by atoms with Crippen molar-refractivity contribution in [3.63, 3.8) is 0 Å². The van der Waals surface area contributed by atoms with Gasteiger partial charge in [-0.1, -0.05) is 6.07 Å². The summed E-state index contributed by atoms with van der Waals surface area (Å²) < 4.78 is 26.2. The summed E-state index contributed by atoms with van der Waals surface area (Å²) in [6.07, 6.45) is 0. The van der Waals surface area contributed by atoms with Gasteiger partial charge < -0.3 is 10.5 Å². The van der Waals surface area contributed by atoms with Crippen molar-refractivity contribution in [1.29, 1.82) is 0 Å². The second kappa shape index (κ2) is 6.80. The number of nitro groups is 1. The molecule has 0 aliphatic carbocycles. The SMILES string of the molecule is CC(C)N(CCO)S(=O)(=O)c1cccc(NN)c1[N+](=O)[O-]. The van der Waals surface area contributed by atoms with Crippen molar-refractivity contribution in [2.75, 3.05) is 18.6 Å². The van der Waals surface area contributed by atoms with Crippen LogP contribution in [0, 0.1) is 10.1 Å². The number of anilines is 1. The third-order valence-corrected chi connectivity index (χ3v) is 4.93. The van der Waals surface area contributed by atoms with Crippen LogP contribution in [0.25, 0.3) is 0 Å². The lowest BCUT2D eigenvalue weighted by atomic mass is 10.3. The number of hydrogen-bond acceptors (Lipinski definition) is 7. The molecular weight excluding hydrogens is 300 g/mol. The number of nitrogens with one attached hydrogen (secondary N) is 1. The largest absolute Gasteiger partial charge is 0.395 e. The van der Waals surface area contributed by atoms with Gasteiger partial charge in [-0.05, 0) is 26.0 Å². The Morgan fingerprint density at radius 3 is 2.52 bits per heavy atom. The molecule has 0 heterocycles. The molecule has 0 atom stereocenters. The van der Waals surface area contributed by atoms with Crippen LogP contribution in [-0.2, 0) is 10.0 Å². The zero-order valence-electron chi connectivity index (χ0n) is 11.7. The molecule has 0 saturated heterocycles. The van der Waals surface area contributed by atoms with Crippen LogP contribution in [0.5, 0.6) is 0 Å². The van der Waals surface area contributed by atoms with Gasteiger partial charge in [0.25, 0.3) is 0 Å². The van der Waals surface area contributed by atoms with Gasteiger partial charge in [-0.15, -0.1) is 0 Å². The third-order valence-electron chi connectivity index (χ3n) is 2.82. The number of aliphatic hydroxyl groups excluding tert-OH is 1. The van der Waals surface area contributed by atoms with E-state index in [1.807, 2.05) is 0 Å². The molecule has 0 saturated carbocycles. The van der Waals surface area contributed by atoms with Gasteiger partial charge in [-0.2, -0.15) is 4.31 Å². The molecule has 0 aliphatic heterocycles. The molecule has 118 valence electrons. The van der Waals surface area contributed by atoms with E-state index in [4.69, 9.17) is 10.9 Å². The van der Waals surface area contributed by atoms with Gasteiger partial charge in [0.15, 0.2) is 4.90 Å². The standard InChI is InChI=1S/C11H18N4O5S/c1-8(2)14(6-7-16)21(19,20)10-5-3-4-9(13-12)11(10)15(17)18/h3-5,8,13,16H,6-7,12H2,1-2H3. The molecule has 1 aromatic rings. The molecule has 4 N–H and O–H groups in total. The molecule has 0 amide bonds. The lowest BCUT2D eigenvalue weighted by molar-refractivity contribution is -0.386. The first-order valence-electron chi connectivity index (χ1n) is 6.14. The number of nitrogen functional groups attached to an aromatic ring is 1. The van der Waals surface area contributed by atoms with Crippen LogP contribution in [0.15, 0.2) is 23.1 Å². The fraction of sp³-hybridized carbons (Fsp3) is 0.455. The normalized spacial score (nSPS) is 11.9. The van der Waals surface area contributed by atoms with E-state index in [9.17, 15) is 18.5 Å². The Morgan fingerprint density at radius 1 is 1.48 bits per heavy atom. The molecule has 0 aliphatic rings. The summed E-state index contributed by atoms with van der Waals surface area (Å²) in [6.45, 7) is 2.69. The van der Waals surface area contributed by atoms with Crippen molar-refractivity contribution in [2.24, 2.45) is 5.84 Å². The number of para-hydroxylation sites is 1. The fourth-order valence-electron chi connectivity index (χ4n) is 1.92. The molecule has 0 aromatic heterocycles. The van der Waals surface area contributed by atoms with Crippen molar-refractivity contribution in [1.82, 2.24) is 4.31 Å². The summed E-state index contributed by atoms with van der Waals surface area (Å²) >= 11 is 0. The predicted molar refractivity (Wildman–Crippen MR) is 77.0 cm³/mol. The minimum absolute atomic E-state index is 0.103. The quantitative estimate of drug-likeness (QED) is 0.372. The second-order valence-corrected chi connectivity index (χ2v) is 6.35. The number of benzene rings is 1. The topological polar surface area (TPSA) is 139 Å². The highest BCUT2D eigenvalue weighted by atomic mass is 32.2. The van der Waals surface area contributed by atoms with Crippen LogP contribution in [0.2, 0.25) is 0 Å². The van der Waals surface area contributed by atoms with Gasteiger partial charge >= 0.3 is 5.69 Å². The number of nitro benzene ring substituents is 1. The van der Waals surface area contributed by atoms with Crippen molar-refractivity contribution in [3.8, 4) is 0 Å². The van der Waals surface area contributed by atoms with Crippen LogP contribution in [0.3, 0.4) is 0 Å². The molecule has 0 fully saturated rings. The molecule has 0 spiro atoms. The summed E-state index contributed by atoms with van der Waals surface area (Å²) in [7, 11) is -4.13. The molecule has 1 rings (SSSR count). The molecule has 1 aromatic carbocycles. The molecule has 0 radical (unpaired) electrons. The second-order valence-electron chi connectivity index (χ2n) is 4.49. The van der Waals surface area contributed by atoms with Crippen molar-refractivity contribution in [3.05, 3.63) is 28.3 Å². The molecule has 0 bridgehead atoms. The van der Waals surface area contributed by atoms with Crippen LogP contribution >= 0.6 is 0 Å². The smallest absolute Gasteiger partial charge is 0.313 e. The molecule has 0 unspecified atom stereocenters. The van der Waals surface area contributed by atoms with E-state index in [0.717, 1.165) is 10.4 Å². The fourth-order valence-corrected chi connectivity index (χ4v) is 3.73. The minimum atomic E-state index is -4.13. The van der Waals surface area contributed by atoms with Crippen LogP contribution in [0.1, 0.15) is 13.8 Å². The molecule has 10 heteroatoms. The van der Waals surface area contributed by atoms with Gasteiger partial charge in [0, 0.05) is 12.6 Å². The van der Waals surface area contributed by atoms with E-state index >= 15 is 0 Å². The summed E-state index contributed by atoms with van der Waals surface area (Å²) in [5.74, 6) is 5.19. The summed E-state index contributed by atoms with van der Waals surface area (Å²) in [6, 6.07) is 3.34. The number of nitrogens with zero attached hydrogens (tertiary/aromatic N) is 2. The number of hydrazine groups is 1. The Bertz CT molecular complexity index is 617. The Labute approximate surface area is 122 Å². The van der Waals surface area contributed by atoms with Gasteiger partial charge in [0.05, 0.1) is 11.5 Å². The van der Waals surface area contributed by atoms with E-state index in [1.54, 1.807) is 13.8 Å². The maximum atomic E-state index is 12.6. The van der Waals surface area contributed by atoms with E-state index in [2.05, 4.69) is 5.43 Å². The highest BCUT2D eigenvalue weighted by Crippen LogP contribution is 2.33. The average molecular weight is 318 g/mol. The average Bonchev–Trinajstić information content (AvgIpc) is 2.42. The van der Waals surface area contributed by atoms with Crippen LogP contribution in [0.4, 0.5) is 11.4 Å². The van der Waals surface area contributed by atoms with Gasteiger partial charge in [0.1, 0.15) is 5.69 Å². The number of sulfonamides is 1. The van der Waals surface area contributed by atoms with Gasteiger partial charge in [0.2, 0.25) is 10.0 Å². The predicted octanol–water partition coefficient (Wildman–Crippen LogP) is 0.272. The van der Waals surface area contributed by atoms with E-state index in [0.29, 0.717) is 0 Å². The zero-order chi connectivity index (χ0) is 16.2. The Balaban J connectivity index is 3.54. The van der Waals surface area contributed by atoms with E-state index in [-0.39, 0.29) is 18.8 Å². The number of rotatable bonds is 7. The lowest BCUT2D eigenvalue weighted by Gasteiger charge is -2.25. The van der Waals surface area contributed by atoms with Crippen molar-refractivity contribution in [2.45, 2.75) is 24.8 Å². The van der Waals surface area contributed by atoms with Gasteiger partial charge in [-0.25, -0.2) is 8.42 Å². The van der Waals surface area contributed by atoms with E-state index < -0.39 is 31.6 Å². The summed E-state index contributed by atoms with van der Waals surface area (Å²) in [5.41, 5.74) is 1.39. The summed E-state index contributed by atoms with van der Waals surface area (Å²) in [4.78, 5) is 9.90. The Kier molecular flexibility index (Phi) is 5.61. The molecular formula is C11H18N4O5S. The van der Waals surface area contributed by atoms with Gasteiger partial charge in [-0.3, -0.25) is 16.0 Å². The first-order chi connectivity index (χ1) is 9.77. The Hall–Kier alpha value is -1.75. The van der Waals surface area contributed by atoms with Crippen molar-refractivity contribution >= 4 is 21.4 Å². The molecule has 9 nitrogen and oxygen atoms in total. The Morgan fingerprint density at radius 2 is 2.10 bits per heavy atom. The minimum Gasteiger partial charge on any atom is -0.395 e. The third kappa shape index (κ3) is 3.47. The first-order valence-corrected chi connectivity index (χ1v) is 7.58. The highest BCUT2D eigenvalue weighted by molar-refractivity contribution is 7.89. The molecule has 21 heavy (non-hydrogen) atoms. The maximum Gasteiger partial charge on any atom is 0.313 e. The number of aliphatic hydroxyl groups is 1. The lowest BCUT2D eigenvalue weighted by Crippen LogP contribution is -2.39. The number of hydrogen-bond donors (Lipinski definition) is 3. The maximum absolute atomic E-state index is 12.6. The zero-order valence-corrected chi connectivity index (χ0v) is 12.5. The van der Waals surface area contributed by atoms with Crippen LogP contribution in [-0.4, -0.2) is 41.9 Å². The highest BCUT2D eigenvalue weighted by Gasteiger charge is 2.34. The number of nitrogens with two attached hydrogens (primary N) is 1. The first kappa shape index (κ1) is 17.3. The summed E-state index contributed by atoms with van der Waals surface area (Å²) in [5, 5.41) is 20.2. The van der Waals surface area contributed by atoms with Crippen molar-refractivity contribution < 1.29 is 18.4 Å². The van der Waals surface area contributed by atoms with E-state index in [1.165, 1.54) is 12.1 Å².